The van der Waals surface area contributed by atoms with Crippen LogP contribution in [0.2, 0.25) is 10.0 Å². The van der Waals surface area contributed by atoms with E-state index in [1.165, 1.54) is 6.07 Å². The van der Waals surface area contributed by atoms with Gasteiger partial charge in [0, 0.05) is 20.1 Å². The van der Waals surface area contributed by atoms with Gasteiger partial charge in [-0.1, -0.05) is 60.5 Å². The van der Waals surface area contributed by atoms with Crippen molar-refractivity contribution in [2.75, 3.05) is 60.3 Å². The topological polar surface area (TPSA) is 107 Å². The quantitative estimate of drug-likeness (QED) is 0.238. The fourth-order valence-corrected chi connectivity index (χ4v) is 3.75. The highest BCUT2D eigenvalue weighted by atomic mass is 35.5. The Bertz CT molecular complexity index is 1010. The van der Waals surface area contributed by atoms with Crippen molar-refractivity contribution in [1.29, 1.82) is 0 Å². The Hall–Kier alpha value is -2.56. The Morgan fingerprint density at radius 2 is 1.78 bits per heavy atom. The number of phenolic OH excluding ortho intramolecular Hbond substituents is 1. The Kier molecular flexibility index (Phi) is 13.5. The molecule has 0 bridgehead atoms. The molecule has 0 aliphatic rings. The molecule has 0 aliphatic heterocycles. The fourth-order valence-electron chi connectivity index (χ4n) is 3.18. The molecule has 0 fully saturated rings. The third kappa shape index (κ3) is 10.0. The number of rotatable bonds is 16. The van der Waals surface area contributed by atoms with Crippen molar-refractivity contribution >= 4 is 35.1 Å². The lowest BCUT2D eigenvalue weighted by atomic mass is 10.1. The van der Waals surface area contributed by atoms with Gasteiger partial charge in [0.25, 0.3) is 5.91 Å². The number of carbonyl (C=O) groups is 2. The summed E-state index contributed by atoms with van der Waals surface area (Å²) in [5.74, 6) is -1.81. The van der Waals surface area contributed by atoms with Gasteiger partial charge in [-0.2, -0.15) is 0 Å². The number of methoxy groups -OCH3 is 1. The van der Waals surface area contributed by atoms with Gasteiger partial charge in [0.1, 0.15) is 24.3 Å². The minimum absolute atomic E-state index is 0.00582. The average Bonchev–Trinajstić information content (AvgIpc) is 2.89. The summed E-state index contributed by atoms with van der Waals surface area (Å²) in [4.78, 5) is 27.9. The minimum Gasteiger partial charge on any atom is -0.505 e. The highest BCUT2D eigenvalue weighted by molar-refractivity contribution is 6.39. The smallest absolute Gasteiger partial charge is 0.329 e. The van der Waals surface area contributed by atoms with Crippen LogP contribution in [0.1, 0.15) is 22.8 Å². The SMILES string of the molecule is CCN(C)CCOc1c(Cl)cc(C(=O)NC(Cc2ccccc2)C(=O)OCCOCCOC)c(O)c1Cl. The van der Waals surface area contributed by atoms with Crippen LogP contribution >= 0.6 is 23.2 Å². The highest BCUT2D eigenvalue weighted by Gasteiger charge is 2.27. The lowest BCUT2D eigenvalue weighted by molar-refractivity contribution is -0.147. The molecule has 2 rings (SSSR count). The van der Waals surface area contributed by atoms with Gasteiger partial charge in [0.2, 0.25) is 0 Å². The van der Waals surface area contributed by atoms with E-state index in [-0.39, 0.29) is 47.6 Å². The summed E-state index contributed by atoms with van der Waals surface area (Å²) in [6.45, 7) is 4.73. The summed E-state index contributed by atoms with van der Waals surface area (Å²) in [6.07, 6.45) is 0.171. The van der Waals surface area contributed by atoms with Gasteiger partial charge in [0.15, 0.2) is 11.5 Å². The Balaban J connectivity index is 2.13. The van der Waals surface area contributed by atoms with E-state index in [2.05, 4.69) is 5.32 Å². The molecule has 2 N–H and O–H groups in total. The van der Waals surface area contributed by atoms with Crippen LogP contribution in [-0.2, 0) is 25.4 Å². The van der Waals surface area contributed by atoms with Crippen molar-refractivity contribution in [2.24, 2.45) is 0 Å². The second-order valence-corrected chi connectivity index (χ2v) is 8.92. The standard InChI is InChI=1S/C26H34Cl2N2O7/c1-4-30(2)10-11-36-24-20(27)17-19(23(31)22(24)28)25(32)29-21(16-18-8-6-5-7-9-18)26(33)37-15-14-35-13-12-34-3/h5-9,17,21,31H,4,10-16H2,1-3H3,(H,29,32). The lowest BCUT2D eigenvalue weighted by Gasteiger charge is -2.20. The fraction of sp³-hybridized carbons (Fsp3) is 0.462. The lowest BCUT2D eigenvalue weighted by Crippen LogP contribution is -2.43. The zero-order valence-electron chi connectivity index (χ0n) is 21.3. The summed E-state index contributed by atoms with van der Waals surface area (Å²) in [5.41, 5.74) is 0.615. The highest BCUT2D eigenvalue weighted by Crippen LogP contribution is 2.42. The van der Waals surface area contributed by atoms with Crippen molar-refractivity contribution in [3.8, 4) is 11.5 Å². The Morgan fingerprint density at radius 3 is 2.46 bits per heavy atom. The van der Waals surface area contributed by atoms with Crippen LogP contribution in [-0.4, -0.2) is 88.2 Å². The number of amides is 1. The van der Waals surface area contributed by atoms with Gasteiger partial charge in [-0.15, -0.1) is 0 Å². The molecule has 0 spiro atoms. The van der Waals surface area contributed by atoms with Gasteiger partial charge in [-0.05, 0) is 25.2 Å². The maximum Gasteiger partial charge on any atom is 0.329 e. The summed E-state index contributed by atoms with van der Waals surface area (Å²) >= 11 is 12.6. The number of halogens is 2. The van der Waals surface area contributed by atoms with Gasteiger partial charge in [-0.3, -0.25) is 4.79 Å². The number of carbonyl (C=O) groups excluding carboxylic acids is 2. The molecule has 0 aromatic heterocycles. The average molecular weight is 557 g/mol. The molecular formula is C26H34Cl2N2O7. The molecule has 0 heterocycles. The van der Waals surface area contributed by atoms with Crippen LogP contribution in [0.4, 0.5) is 0 Å². The van der Waals surface area contributed by atoms with Crippen molar-refractivity contribution in [3.05, 3.63) is 57.6 Å². The van der Waals surface area contributed by atoms with E-state index < -0.39 is 23.7 Å². The number of likely N-dealkylation sites (N-methyl/N-ethyl adjacent to an activating group) is 1. The monoisotopic (exact) mass is 556 g/mol. The number of phenols is 1. The molecular weight excluding hydrogens is 523 g/mol. The summed E-state index contributed by atoms with van der Waals surface area (Å²) < 4.78 is 21.2. The van der Waals surface area contributed by atoms with Crippen LogP contribution in [0.25, 0.3) is 0 Å². The van der Waals surface area contributed by atoms with E-state index in [4.69, 9.17) is 42.1 Å². The second kappa shape index (κ2) is 16.3. The van der Waals surface area contributed by atoms with Gasteiger partial charge in [0.05, 0.1) is 30.4 Å². The van der Waals surface area contributed by atoms with E-state index in [1.54, 1.807) is 7.11 Å². The van der Waals surface area contributed by atoms with Crippen LogP contribution in [0.15, 0.2) is 36.4 Å². The van der Waals surface area contributed by atoms with E-state index >= 15 is 0 Å². The molecule has 37 heavy (non-hydrogen) atoms. The molecule has 9 nitrogen and oxygen atoms in total. The van der Waals surface area contributed by atoms with Crippen molar-refractivity contribution < 1.29 is 33.6 Å². The molecule has 0 aliphatic carbocycles. The summed E-state index contributed by atoms with van der Waals surface area (Å²) in [5, 5.41) is 13.1. The molecule has 1 unspecified atom stereocenters. The third-order valence-corrected chi connectivity index (χ3v) is 6.06. The van der Waals surface area contributed by atoms with E-state index in [1.807, 2.05) is 49.2 Å². The predicted molar refractivity (Wildman–Crippen MR) is 142 cm³/mol. The first-order valence-electron chi connectivity index (χ1n) is 11.9. The first kappa shape index (κ1) is 30.7. The number of esters is 1. The summed E-state index contributed by atoms with van der Waals surface area (Å²) in [7, 11) is 3.49. The van der Waals surface area contributed by atoms with Crippen molar-refractivity contribution in [2.45, 2.75) is 19.4 Å². The molecule has 1 atom stereocenters. The number of nitrogens with one attached hydrogen (secondary N) is 1. The maximum atomic E-state index is 13.1. The molecule has 11 heteroatoms. The zero-order chi connectivity index (χ0) is 27.2. The number of benzene rings is 2. The van der Waals surface area contributed by atoms with Gasteiger partial charge in [-0.25, -0.2) is 4.79 Å². The molecule has 0 saturated carbocycles. The molecule has 0 saturated heterocycles. The predicted octanol–water partition coefficient (Wildman–Crippen LogP) is 3.58. The summed E-state index contributed by atoms with van der Waals surface area (Å²) in [6, 6.07) is 9.37. The number of hydrogen-bond acceptors (Lipinski definition) is 8. The second-order valence-electron chi connectivity index (χ2n) is 8.13. The van der Waals surface area contributed by atoms with Crippen LogP contribution in [0, 0.1) is 0 Å². The number of ether oxygens (including phenoxy) is 4. The van der Waals surface area contributed by atoms with Crippen LogP contribution in [0.5, 0.6) is 11.5 Å². The number of aromatic hydroxyl groups is 1. The van der Waals surface area contributed by atoms with E-state index in [9.17, 15) is 14.7 Å². The van der Waals surface area contributed by atoms with E-state index in [0.717, 1.165) is 12.1 Å². The Morgan fingerprint density at radius 1 is 1.08 bits per heavy atom. The first-order valence-corrected chi connectivity index (χ1v) is 12.6. The van der Waals surface area contributed by atoms with Crippen molar-refractivity contribution in [3.63, 3.8) is 0 Å². The zero-order valence-corrected chi connectivity index (χ0v) is 22.8. The molecule has 204 valence electrons. The van der Waals surface area contributed by atoms with Gasteiger partial charge < -0.3 is 34.3 Å². The molecule has 2 aromatic carbocycles. The minimum atomic E-state index is -1.04. The first-order chi connectivity index (χ1) is 17.8. The number of nitrogens with zero attached hydrogens (tertiary/aromatic N) is 1. The normalized spacial score (nSPS) is 11.8. The largest absolute Gasteiger partial charge is 0.505 e. The molecule has 0 radical (unpaired) electrons. The van der Waals surface area contributed by atoms with Gasteiger partial charge >= 0.3 is 5.97 Å². The molecule has 1 amide bonds. The third-order valence-electron chi connectivity index (χ3n) is 5.43. The van der Waals surface area contributed by atoms with Crippen LogP contribution in [0.3, 0.4) is 0 Å². The van der Waals surface area contributed by atoms with E-state index in [0.29, 0.717) is 19.8 Å². The number of hydrogen-bond donors (Lipinski definition) is 2. The van der Waals surface area contributed by atoms with Crippen molar-refractivity contribution in [1.82, 2.24) is 10.2 Å². The Labute approximate surface area is 227 Å². The molecule has 2 aromatic rings. The van der Waals surface area contributed by atoms with Crippen LogP contribution < -0.4 is 10.1 Å². The maximum absolute atomic E-state index is 13.1.